The van der Waals surface area contributed by atoms with Gasteiger partial charge in [0.2, 0.25) is 5.91 Å². The van der Waals surface area contributed by atoms with Crippen molar-refractivity contribution < 1.29 is 14.3 Å². The summed E-state index contributed by atoms with van der Waals surface area (Å²) in [6.07, 6.45) is 1.60. The smallest absolute Gasteiger partial charge is 0.250 e. The number of aryl methyl sites for hydroxylation is 2. The summed E-state index contributed by atoms with van der Waals surface area (Å²) in [6.45, 7) is 4.19. The molecule has 3 rings (SSSR count). The third kappa shape index (κ3) is 4.92. The van der Waals surface area contributed by atoms with Gasteiger partial charge in [-0.1, -0.05) is 12.1 Å². The van der Waals surface area contributed by atoms with Crippen LogP contribution < -0.4 is 10.1 Å². The zero-order valence-electron chi connectivity index (χ0n) is 15.6. The molecule has 1 aromatic carbocycles. The first kappa shape index (κ1) is 18.6. The first-order valence-corrected chi connectivity index (χ1v) is 8.55. The molecule has 7 nitrogen and oxygen atoms in total. The Morgan fingerprint density at radius 1 is 1.19 bits per heavy atom. The minimum absolute atomic E-state index is 0.0452. The Morgan fingerprint density at radius 2 is 2.04 bits per heavy atom. The number of aromatic nitrogens is 3. The zero-order chi connectivity index (χ0) is 19.2. The second kappa shape index (κ2) is 8.46. The number of nitrogens with one attached hydrogen (secondary N) is 1. The van der Waals surface area contributed by atoms with E-state index in [1.165, 1.54) is 0 Å². The van der Waals surface area contributed by atoms with Crippen molar-refractivity contribution in [3.63, 3.8) is 0 Å². The van der Waals surface area contributed by atoms with E-state index in [0.29, 0.717) is 18.1 Å². The molecule has 3 aromatic rings. The zero-order valence-corrected chi connectivity index (χ0v) is 15.6. The monoisotopic (exact) mass is 366 g/mol. The Balaban J connectivity index is 1.51. The standard InChI is InChI=1S/C20H22N4O3/c1-14-9-15(2)24(23-14)19-8-7-17(11-21-19)22-20(25)13-27-12-16-5-4-6-18(10-16)26-3/h4-11H,12-13H2,1-3H3,(H,22,25). The molecule has 140 valence electrons. The first-order chi connectivity index (χ1) is 13.0. The van der Waals surface area contributed by atoms with Crippen LogP contribution in [-0.4, -0.2) is 34.4 Å². The third-order valence-corrected chi connectivity index (χ3v) is 3.89. The molecule has 0 saturated carbocycles. The van der Waals surface area contributed by atoms with Crippen molar-refractivity contribution in [1.29, 1.82) is 0 Å². The number of carbonyl (C=O) groups excluding carboxylic acids is 1. The summed E-state index contributed by atoms with van der Waals surface area (Å²) in [6, 6.07) is 13.1. The quantitative estimate of drug-likeness (QED) is 0.695. The molecule has 0 spiro atoms. The van der Waals surface area contributed by atoms with Crippen molar-refractivity contribution >= 4 is 11.6 Å². The Morgan fingerprint density at radius 3 is 2.70 bits per heavy atom. The summed E-state index contributed by atoms with van der Waals surface area (Å²) >= 11 is 0. The molecular weight excluding hydrogens is 344 g/mol. The maximum Gasteiger partial charge on any atom is 0.250 e. The second-order valence-electron chi connectivity index (χ2n) is 6.14. The lowest BCUT2D eigenvalue weighted by molar-refractivity contribution is -0.121. The minimum Gasteiger partial charge on any atom is -0.497 e. The number of amides is 1. The van der Waals surface area contributed by atoms with Gasteiger partial charge in [-0.25, -0.2) is 9.67 Å². The second-order valence-corrected chi connectivity index (χ2v) is 6.14. The van der Waals surface area contributed by atoms with E-state index in [1.807, 2.05) is 50.2 Å². The van der Waals surface area contributed by atoms with Crippen LogP contribution >= 0.6 is 0 Å². The lowest BCUT2D eigenvalue weighted by Crippen LogP contribution is -2.18. The van der Waals surface area contributed by atoms with Gasteiger partial charge in [-0.2, -0.15) is 5.10 Å². The van der Waals surface area contributed by atoms with Crippen molar-refractivity contribution in [1.82, 2.24) is 14.8 Å². The predicted molar refractivity (Wildman–Crippen MR) is 102 cm³/mol. The summed E-state index contributed by atoms with van der Waals surface area (Å²) in [5, 5.41) is 7.16. The van der Waals surface area contributed by atoms with Gasteiger partial charge < -0.3 is 14.8 Å². The average molecular weight is 366 g/mol. The van der Waals surface area contributed by atoms with Gasteiger partial charge in [0.15, 0.2) is 5.82 Å². The molecule has 0 aliphatic carbocycles. The number of carbonyl (C=O) groups is 1. The largest absolute Gasteiger partial charge is 0.497 e. The number of hydrogen-bond donors (Lipinski definition) is 1. The Hall–Kier alpha value is -3.19. The van der Waals surface area contributed by atoms with Gasteiger partial charge in [0.1, 0.15) is 12.4 Å². The first-order valence-electron chi connectivity index (χ1n) is 8.55. The van der Waals surface area contributed by atoms with E-state index in [-0.39, 0.29) is 12.5 Å². The van der Waals surface area contributed by atoms with Crippen LogP contribution in [0.15, 0.2) is 48.7 Å². The van der Waals surface area contributed by atoms with E-state index in [4.69, 9.17) is 9.47 Å². The summed E-state index contributed by atoms with van der Waals surface area (Å²) < 4.78 is 12.4. The van der Waals surface area contributed by atoms with Crippen LogP contribution in [0.4, 0.5) is 5.69 Å². The number of methoxy groups -OCH3 is 1. The van der Waals surface area contributed by atoms with Crippen LogP contribution in [0.5, 0.6) is 5.75 Å². The fourth-order valence-electron chi connectivity index (χ4n) is 2.67. The molecule has 0 aliphatic heterocycles. The van der Waals surface area contributed by atoms with Gasteiger partial charge in [-0.15, -0.1) is 0 Å². The lowest BCUT2D eigenvalue weighted by atomic mass is 10.2. The average Bonchev–Trinajstić information content (AvgIpc) is 3.00. The maximum atomic E-state index is 12.0. The minimum atomic E-state index is -0.237. The molecule has 0 saturated heterocycles. The lowest BCUT2D eigenvalue weighted by Gasteiger charge is -2.08. The highest BCUT2D eigenvalue weighted by Crippen LogP contribution is 2.14. The highest BCUT2D eigenvalue weighted by Gasteiger charge is 2.07. The van der Waals surface area contributed by atoms with Crippen molar-refractivity contribution in [3.05, 3.63) is 65.6 Å². The molecule has 0 radical (unpaired) electrons. The molecule has 1 N–H and O–H groups in total. The SMILES string of the molecule is COc1cccc(COCC(=O)Nc2ccc(-n3nc(C)cc3C)nc2)c1. The van der Waals surface area contributed by atoms with E-state index in [1.54, 1.807) is 24.1 Å². The van der Waals surface area contributed by atoms with Gasteiger partial charge in [-0.05, 0) is 49.7 Å². The van der Waals surface area contributed by atoms with Gasteiger partial charge in [0, 0.05) is 5.69 Å². The highest BCUT2D eigenvalue weighted by atomic mass is 16.5. The molecule has 2 aromatic heterocycles. The molecule has 1 amide bonds. The molecule has 2 heterocycles. The summed E-state index contributed by atoms with van der Waals surface area (Å²) in [7, 11) is 1.61. The highest BCUT2D eigenvalue weighted by molar-refractivity contribution is 5.91. The molecule has 0 atom stereocenters. The van der Waals surface area contributed by atoms with Gasteiger partial charge in [0.05, 0.1) is 31.3 Å². The van der Waals surface area contributed by atoms with E-state index in [9.17, 15) is 4.79 Å². The molecule has 0 fully saturated rings. The van der Waals surface area contributed by atoms with E-state index in [2.05, 4.69) is 15.4 Å². The number of ether oxygens (including phenoxy) is 2. The topological polar surface area (TPSA) is 78.3 Å². The van der Waals surface area contributed by atoms with Crippen molar-refractivity contribution in [2.75, 3.05) is 19.0 Å². The molecule has 0 aliphatic rings. The van der Waals surface area contributed by atoms with Gasteiger partial charge in [0.25, 0.3) is 0 Å². The van der Waals surface area contributed by atoms with Crippen molar-refractivity contribution in [2.45, 2.75) is 20.5 Å². The Labute approximate surface area is 158 Å². The van der Waals surface area contributed by atoms with Crippen molar-refractivity contribution in [3.8, 4) is 11.6 Å². The number of nitrogens with zero attached hydrogens (tertiary/aromatic N) is 3. The number of hydrogen-bond acceptors (Lipinski definition) is 5. The van der Waals surface area contributed by atoms with E-state index in [0.717, 1.165) is 22.7 Å². The van der Waals surface area contributed by atoms with E-state index >= 15 is 0 Å². The number of benzene rings is 1. The fraction of sp³-hybridized carbons (Fsp3) is 0.250. The molecular formula is C20H22N4O3. The van der Waals surface area contributed by atoms with Crippen LogP contribution in [0.25, 0.3) is 5.82 Å². The van der Waals surface area contributed by atoms with Crippen LogP contribution in [0.3, 0.4) is 0 Å². The Kier molecular flexibility index (Phi) is 5.83. The normalized spacial score (nSPS) is 10.6. The summed E-state index contributed by atoms with van der Waals surface area (Å²) in [5.74, 6) is 1.22. The molecule has 0 unspecified atom stereocenters. The van der Waals surface area contributed by atoms with Crippen LogP contribution in [0.1, 0.15) is 17.0 Å². The van der Waals surface area contributed by atoms with Crippen molar-refractivity contribution in [2.24, 2.45) is 0 Å². The Bertz CT molecular complexity index is 919. The summed E-state index contributed by atoms with van der Waals surface area (Å²) in [4.78, 5) is 16.4. The van der Waals surface area contributed by atoms with E-state index < -0.39 is 0 Å². The maximum absolute atomic E-state index is 12.0. The number of anilines is 1. The van der Waals surface area contributed by atoms with Crippen LogP contribution in [0, 0.1) is 13.8 Å². The summed E-state index contributed by atoms with van der Waals surface area (Å²) in [5.41, 5.74) is 3.48. The van der Waals surface area contributed by atoms with Crippen LogP contribution in [-0.2, 0) is 16.1 Å². The predicted octanol–water partition coefficient (Wildman–Crippen LogP) is 3.05. The van der Waals surface area contributed by atoms with Gasteiger partial charge in [-0.3, -0.25) is 4.79 Å². The fourth-order valence-corrected chi connectivity index (χ4v) is 2.67. The number of pyridine rings is 1. The van der Waals surface area contributed by atoms with Crippen LogP contribution in [0.2, 0.25) is 0 Å². The third-order valence-electron chi connectivity index (χ3n) is 3.89. The molecule has 27 heavy (non-hydrogen) atoms. The van der Waals surface area contributed by atoms with Gasteiger partial charge >= 0.3 is 0 Å². The number of rotatable bonds is 7. The molecule has 7 heteroatoms. The molecule has 0 bridgehead atoms.